The van der Waals surface area contributed by atoms with Gasteiger partial charge in [-0.2, -0.15) is 0 Å². The number of anilines is 1. The number of benzene rings is 2. The Labute approximate surface area is 264 Å². The highest BCUT2D eigenvalue weighted by Gasteiger charge is 2.50. The van der Waals surface area contributed by atoms with Crippen molar-refractivity contribution in [1.29, 1.82) is 0 Å². The zero-order valence-corrected chi connectivity index (χ0v) is 26.4. The Kier molecular flexibility index (Phi) is 8.32. The fraction of sp³-hybridized carbons (Fsp3) is 0.485. The van der Waals surface area contributed by atoms with Crippen LogP contribution < -0.4 is 16.4 Å². The molecule has 0 saturated heterocycles. The molecule has 1 heterocycles. The first-order chi connectivity index (χ1) is 20.6. The van der Waals surface area contributed by atoms with Gasteiger partial charge in [-0.25, -0.2) is 4.79 Å². The quantitative estimate of drug-likeness (QED) is 0.142. The van der Waals surface area contributed by atoms with Crippen LogP contribution in [-0.4, -0.2) is 45.7 Å². The topological polar surface area (TPSA) is 147 Å². The molecule has 228 valence electrons. The summed E-state index contributed by atoms with van der Waals surface area (Å²) < 4.78 is 6.98. The summed E-state index contributed by atoms with van der Waals surface area (Å²) in [4.78, 5) is 42.7. The van der Waals surface area contributed by atoms with Gasteiger partial charge >= 0.3 is 12.1 Å². The summed E-state index contributed by atoms with van der Waals surface area (Å²) in [6.07, 6.45) is 7.10. The summed E-state index contributed by atoms with van der Waals surface area (Å²) in [5.41, 5.74) is 7.86. The van der Waals surface area contributed by atoms with Crippen LogP contribution in [0.3, 0.4) is 0 Å². The maximum absolute atomic E-state index is 14.1. The average Bonchev–Trinajstić information content (AvgIpc) is 3.34. The summed E-state index contributed by atoms with van der Waals surface area (Å²) >= 11 is 2.13. The van der Waals surface area contributed by atoms with Crippen molar-refractivity contribution < 1.29 is 24.2 Å². The molecule has 6 N–H and O–H groups in total. The second-order valence-corrected chi connectivity index (χ2v) is 14.3. The molecule has 9 nitrogen and oxygen atoms in total. The number of ether oxygens (including phenoxy) is 1. The first-order valence-electron chi connectivity index (χ1n) is 15.2. The van der Waals surface area contributed by atoms with Gasteiger partial charge in [-0.1, -0.05) is 24.3 Å². The number of carboxylic acid groups (broad SMARTS) is 1. The van der Waals surface area contributed by atoms with E-state index in [1.54, 1.807) is 13.0 Å². The number of hydrogen-bond acceptors (Lipinski definition) is 5. The summed E-state index contributed by atoms with van der Waals surface area (Å²) in [5, 5.41) is 16.5. The van der Waals surface area contributed by atoms with Gasteiger partial charge < -0.3 is 31.2 Å². The second-order valence-electron chi connectivity index (χ2n) is 13.1. The minimum atomic E-state index is -1.40. The van der Waals surface area contributed by atoms with Crippen molar-refractivity contribution in [1.82, 2.24) is 15.6 Å². The van der Waals surface area contributed by atoms with Gasteiger partial charge in [0.1, 0.15) is 11.6 Å². The number of aliphatic carboxylic acids is 1. The van der Waals surface area contributed by atoms with E-state index in [0.717, 1.165) is 63.1 Å². The number of nitrogens with one attached hydrogen (secondary N) is 3. The number of aromatic amines is 1. The highest BCUT2D eigenvalue weighted by molar-refractivity contribution is 14.1. The number of fused-ring (bicyclic) bond motifs is 1. The van der Waals surface area contributed by atoms with E-state index in [1.165, 1.54) is 6.42 Å². The minimum Gasteiger partial charge on any atom is -0.481 e. The van der Waals surface area contributed by atoms with Crippen LogP contribution in [0.2, 0.25) is 0 Å². The molecule has 2 amide bonds. The fourth-order valence-corrected chi connectivity index (χ4v) is 8.58. The lowest BCUT2D eigenvalue weighted by molar-refractivity contribution is -0.138. The molecule has 0 unspecified atom stereocenters. The third kappa shape index (κ3) is 6.49. The second kappa shape index (κ2) is 12.0. The van der Waals surface area contributed by atoms with Crippen molar-refractivity contribution in [2.45, 2.75) is 76.0 Å². The molecule has 43 heavy (non-hydrogen) atoms. The average molecular weight is 697 g/mol. The molecule has 4 fully saturated rings. The Morgan fingerprint density at radius 2 is 1.79 bits per heavy atom. The highest BCUT2D eigenvalue weighted by Crippen LogP contribution is 2.54. The van der Waals surface area contributed by atoms with Crippen molar-refractivity contribution in [2.24, 2.45) is 23.7 Å². The lowest BCUT2D eigenvalue weighted by atomic mass is 9.55. The Morgan fingerprint density at radius 3 is 2.47 bits per heavy atom. The standard InChI is InChI=1S/C33H39IN4O5/c1-33(16-23-17-36-28-5-3-2-4-25(23)28,38-32(42)43-30-21-9-19-8-20(11-21)12-22(30)10-19)31(41)37-24(15-29(39)40)13-18-6-7-27(35)26(34)14-18/h2-7,14,17,19-22,24,30,36H,8-13,15-16,35H2,1H3,(H,37,41)(H,38,42)(H,39,40)/t19?,20?,21?,22?,24-,30?,33+/m0/s1/i34-2. The maximum Gasteiger partial charge on any atom is 0.408 e. The van der Waals surface area contributed by atoms with E-state index in [0.29, 0.717) is 23.9 Å². The van der Waals surface area contributed by atoms with E-state index in [9.17, 15) is 19.5 Å². The Morgan fingerprint density at radius 1 is 1.09 bits per heavy atom. The molecule has 7 rings (SSSR count). The van der Waals surface area contributed by atoms with E-state index < -0.39 is 29.6 Å². The predicted octanol–water partition coefficient (Wildman–Crippen LogP) is 5.41. The number of carboxylic acids is 1. The first-order valence-corrected chi connectivity index (χ1v) is 16.2. The Balaban J connectivity index is 1.23. The number of alkyl carbamates (subject to hydrolysis) is 1. The lowest BCUT2D eigenvalue weighted by Crippen LogP contribution is -2.61. The molecule has 2 aromatic carbocycles. The number of rotatable bonds is 10. The van der Waals surface area contributed by atoms with Gasteiger partial charge in [-0.3, -0.25) is 9.59 Å². The summed E-state index contributed by atoms with van der Waals surface area (Å²) in [6, 6.07) is 12.6. The number of amides is 2. The Bertz CT molecular complexity index is 1510. The molecule has 0 radical (unpaired) electrons. The van der Waals surface area contributed by atoms with Crippen molar-refractivity contribution in [3.8, 4) is 0 Å². The highest BCUT2D eigenvalue weighted by atomic mass is 125. The molecule has 1 aromatic heterocycles. The van der Waals surface area contributed by atoms with Crippen LogP contribution in [-0.2, 0) is 27.2 Å². The summed E-state index contributed by atoms with van der Waals surface area (Å²) in [7, 11) is 0. The van der Waals surface area contributed by atoms with Crippen LogP contribution in [0.15, 0.2) is 48.7 Å². The number of para-hydroxylation sites is 1. The van der Waals surface area contributed by atoms with Crippen molar-refractivity contribution >= 4 is 57.2 Å². The van der Waals surface area contributed by atoms with E-state index in [-0.39, 0.29) is 18.9 Å². The third-order valence-corrected chi connectivity index (χ3v) is 10.7. The summed E-state index contributed by atoms with van der Waals surface area (Å²) in [5.74, 6) is 0.786. The van der Waals surface area contributed by atoms with Crippen molar-refractivity contribution in [3.05, 3.63) is 63.4 Å². The van der Waals surface area contributed by atoms with Gasteiger partial charge in [-0.05, 0) is 121 Å². The molecule has 3 aromatic rings. The zero-order chi connectivity index (χ0) is 30.3. The Hall–Kier alpha value is -3.28. The number of carbonyl (C=O) groups excluding carboxylic acids is 2. The number of H-pyrrole nitrogens is 1. The molecule has 4 aliphatic carbocycles. The molecule has 10 heteroatoms. The first kappa shape index (κ1) is 29.8. The van der Waals surface area contributed by atoms with E-state index >= 15 is 0 Å². The molecule has 4 aliphatic rings. The van der Waals surface area contributed by atoms with E-state index in [1.807, 2.05) is 42.6 Å². The number of aromatic nitrogens is 1. The van der Waals surface area contributed by atoms with Crippen LogP contribution in [0, 0.1) is 27.2 Å². The minimum absolute atomic E-state index is 0.124. The molecule has 0 aliphatic heterocycles. The monoisotopic (exact) mass is 696 g/mol. The van der Waals surface area contributed by atoms with Gasteiger partial charge in [0.15, 0.2) is 0 Å². The third-order valence-electron chi connectivity index (χ3n) is 9.78. The SMILES string of the molecule is C[C@](Cc1c[nH]c2ccccc12)(NC(=O)OC1C2CC3CC(C2)CC1C3)C(=O)N[C@H](CC(=O)O)Cc1ccc(N)c([125I])c1. The van der Waals surface area contributed by atoms with Gasteiger partial charge in [-0.15, -0.1) is 0 Å². The fourth-order valence-electron chi connectivity index (χ4n) is 8.00. The molecule has 4 saturated carbocycles. The van der Waals surface area contributed by atoms with Gasteiger partial charge in [0, 0.05) is 38.8 Å². The van der Waals surface area contributed by atoms with E-state index in [2.05, 4.69) is 38.2 Å². The number of nitrogen functional groups attached to an aromatic ring is 1. The van der Waals surface area contributed by atoms with Gasteiger partial charge in [0.25, 0.3) is 0 Å². The van der Waals surface area contributed by atoms with Gasteiger partial charge in [0.2, 0.25) is 5.91 Å². The van der Waals surface area contributed by atoms with E-state index in [4.69, 9.17) is 10.5 Å². The molecule has 4 bridgehead atoms. The molecule has 0 spiro atoms. The number of hydrogen-bond donors (Lipinski definition) is 5. The summed E-state index contributed by atoms with van der Waals surface area (Å²) in [6.45, 7) is 1.69. The molecular formula is C33H39IN4O5. The van der Waals surface area contributed by atoms with Crippen LogP contribution >= 0.6 is 22.6 Å². The smallest absolute Gasteiger partial charge is 0.408 e. The lowest BCUT2D eigenvalue weighted by Gasteiger charge is -2.53. The van der Waals surface area contributed by atoms with Crippen LogP contribution in [0.4, 0.5) is 10.5 Å². The molecule has 2 atom stereocenters. The largest absolute Gasteiger partial charge is 0.481 e. The molecular weight excluding hydrogens is 657 g/mol. The van der Waals surface area contributed by atoms with Crippen LogP contribution in [0.25, 0.3) is 10.9 Å². The number of carbonyl (C=O) groups is 3. The number of halogens is 1. The van der Waals surface area contributed by atoms with Crippen molar-refractivity contribution in [2.75, 3.05) is 5.73 Å². The number of nitrogens with two attached hydrogens (primary N) is 1. The maximum atomic E-state index is 14.1. The van der Waals surface area contributed by atoms with Crippen LogP contribution in [0.5, 0.6) is 0 Å². The predicted molar refractivity (Wildman–Crippen MR) is 172 cm³/mol. The normalized spacial score (nSPS) is 26.0. The van der Waals surface area contributed by atoms with Gasteiger partial charge in [0.05, 0.1) is 6.42 Å². The van der Waals surface area contributed by atoms with Crippen molar-refractivity contribution in [3.63, 3.8) is 0 Å². The zero-order valence-electron chi connectivity index (χ0n) is 24.3. The van der Waals surface area contributed by atoms with Crippen LogP contribution in [0.1, 0.15) is 56.6 Å².